The number of hydrogen-bond donors (Lipinski definition) is 1. The fraction of sp³-hybridized carbons (Fsp3) is 0.333. The topological polar surface area (TPSA) is 62.4 Å². The monoisotopic (exact) mass is 390 g/mol. The lowest BCUT2D eigenvalue weighted by atomic mass is 10.0. The Morgan fingerprint density at radius 1 is 1.14 bits per heavy atom. The summed E-state index contributed by atoms with van der Waals surface area (Å²) in [4.78, 5) is 30.6. The van der Waals surface area contributed by atoms with E-state index in [4.69, 9.17) is 4.74 Å². The van der Waals surface area contributed by atoms with Crippen LogP contribution in [0.4, 0.5) is 0 Å². The summed E-state index contributed by atoms with van der Waals surface area (Å²) in [6.07, 6.45) is 1.96. The first-order chi connectivity index (χ1) is 14.0. The van der Waals surface area contributed by atoms with Crippen LogP contribution < -0.4 is 5.56 Å². The number of nitrogens with zero attached hydrogens (tertiary/aromatic N) is 1. The number of carbonyl (C=O) groups excluding carboxylic acids is 1. The van der Waals surface area contributed by atoms with Gasteiger partial charge < -0.3 is 14.6 Å². The van der Waals surface area contributed by atoms with Gasteiger partial charge in [-0.2, -0.15) is 0 Å². The predicted octanol–water partition coefficient (Wildman–Crippen LogP) is 3.97. The van der Waals surface area contributed by atoms with Crippen LogP contribution in [0.25, 0.3) is 10.9 Å². The molecule has 5 nitrogen and oxygen atoms in total. The van der Waals surface area contributed by atoms with Crippen molar-refractivity contribution in [1.82, 2.24) is 9.88 Å². The van der Waals surface area contributed by atoms with Crippen LogP contribution in [-0.4, -0.2) is 35.0 Å². The number of H-pyrrole nitrogens is 1. The predicted molar refractivity (Wildman–Crippen MR) is 114 cm³/mol. The van der Waals surface area contributed by atoms with Crippen LogP contribution >= 0.6 is 0 Å². The SMILES string of the molecule is Cc1cc2cc(CN(CC3CCCO3)C(=O)c3ccccc3)c(=O)[nH]c2cc1C. The minimum Gasteiger partial charge on any atom is -0.376 e. The molecule has 1 amide bonds. The van der Waals surface area contributed by atoms with E-state index in [1.165, 1.54) is 5.56 Å². The zero-order valence-corrected chi connectivity index (χ0v) is 16.9. The number of fused-ring (bicyclic) bond motifs is 1. The van der Waals surface area contributed by atoms with Gasteiger partial charge in [-0.3, -0.25) is 9.59 Å². The molecular formula is C24H26N2O3. The number of hydrogen-bond acceptors (Lipinski definition) is 3. The Morgan fingerprint density at radius 3 is 2.62 bits per heavy atom. The number of benzene rings is 2. The number of nitrogens with one attached hydrogen (secondary N) is 1. The van der Waals surface area contributed by atoms with Gasteiger partial charge in [0.2, 0.25) is 0 Å². The fourth-order valence-corrected chi connectivity index (χ4v) is 3.86. The number of aromatic nitrogens is 1. The van der Waals surface area contributed by atoms with Gasteiger partial charge >= 0.3 is 0 Å². The number of ether oxygens (including phenoxy) is 1. The molecule has 150 valence electrons. The highest BCUT2D eigenvalue weighted by molar-refractivity contribution is 5.94. The van der Waals surface area contributed by atoms with Crippen LogP contribution in [0.3, 0.4) is 0 Å². The number of amides is 1. The molecule has 1 N–H and O–H groups in total. The van der Waals surface area contributed by atoms with Gasteiger partial charge in [0.15, 0.2) is 0 Å². The molecule has 3 aromatic rings. The Kier molecular flexibility index (Phi) is 5.49. The van der Waals surface area contributed by atoms with Crippen molar-refractivity contribution in [3.63, 3.8) is 0 Å². The molecule has 1 unspecified atom stereocenters. The van der Waals surface area contributed by atoms with Crippen LogP contribution in [0.5, 0.6) is 0 Å². The van der Waals surface area contributed by atoms with Gasteiger partial charge in [0.05, 0.1) is 12.6 Å². The maximum absolute atomic E-state index is 13.2. The fourth-order valence-electron chi connectivity index (χ4n) is 3.86. The van der Waals surface area contributed by atoms with E-state index in [1.54, 1.807) is 4.90 Å². The lowest BCUT2D eigenvalue weighted by molar-refractivity contribution is 0.0506. The van der Waals surface area contributed by atoms with Crippen molar-refractivity contribution >= 4 is 16.8 Å². The lowest BCUT2D eigenvalue weighted by Gasteiger charge is -2.25. The number of aryl methyl sites for hydroxylation is 2. The van der Waals surface area contributed by atoms with E-state index in [0.29, 0.717) is 17.7 Å². The van der Waals surface area contributed by atoms with Crippen LogP contribution in [0.2, 0.25) is 0 Å². The molecule has 0 bridgehead atoms. The summed E-state index contributed by atoms with van der Waals surface area (Å²) < 4.78 is 5.76. The number of carbonyl (C=O) groups is 1. The summed E-state index contributed by atoms with van der Waals surface area (Å²) in [6, 6.07) is 15.2. The first-order valence-corrected chi connectivity index (χ1v) is 10.1. The zero-order chi connectivity index (χ0) is 20.4. The molecule has 2 aromatic carbocycles. The summed E-state index contributed by atoms with van der Waals surface area (Å²) in [5, 5.41) is 0.979. The normalized spacial score (nSPS) is 16.3. The summed E-state index contributed by atoms with van der Waals surface area (Å²) in [5.74, 6) is -0.0827. The summed E-state index contributed by atoms with van der Waals surface area (Å²) >= 11 is 0. The molecule has 1 saturated heterocycles. The third kappa shape index (κ3) is 4.25. The molecule has 1 aliphatic heterocycles. The number of rotatable bonds is 5. The molecule has 29 heavy (non-hydrogen) atoms. The Bertz CT molecular complexity index is 1080. The smallest absolute Gasteiger partial charge is 0.254 e. The first-order valence-electron chi connectivity index (χ1n) is 10.1. The van der Waals surface area contributed by atoms with Crippen molar-refractivity contribution in [3.8, 4) is 0 Å². The van der Waals surface area contributed by atoms with Crippen molar-refractivity contribution < 1.29 is 9.53 Å². The summed E-state index contributed by atoms with van der Waals surface area (Å²) in [7, 11) is 0. The molecule has 1 atom stereocenters. The molecule has 5 heteroatoms. The minimum absolute atomic E-state index is 0.0205. The van der Waals surface area contributed by atoms with E-state index >= 15 is 0 Å². The Balaban J connectivity index is 1.67. The number of pyridine rings is 1. The minimum atomic E-state index is -0.154. The van der Waals surface area contributed by atoms with Gasteiger partial charge in [0.1, 0.15) is 0 Å². The molecule has 0 spiro atoms. The average molecular weight is 390 g/mol. The van der Waals surface area contributed by atoms with Gasteiger partial charge in [0, 0.05) is 29.8 Å². The van der Waals surface area contributed by atoms with Gasteiger partial charge in [0.25, 0.3) is 11.5 Å². The van der Waals surface area contributed by atoms with Gasteiger partial charge in [-0.25, -0.2) is 0 Å². The molecule has 0 aliphatic carbocycles. The van der Waals surface area contributed by atoms with Gasteiger partial charge in [-0.05, 0) is 73.5 Å². The maximum atomic E-state index is 13.2. The van der Waals surface area contributed by atoms with Crippen molar-refractivity contribution in [1.29, 1.82) is 0 Å². The number of aromatic amines is 1. The summed E-state index contributed by atoms with van der Waals surface area (Å²) in [6.45, 7) is 5.56. The second kappa shape index (κ2) is 8.21. The average Bonchev–Trinajstić information content (AvgIpc) is 3.23. The first kappa shape index (κ1) is 19.4. The molecule has 4 rings (SSSR count). The van der Waals surface area contributed by atoms with Crippen LogP contribution in [0, 0.1) is 13.8 Å². The molecule has 1 aromatic heterocycles. The van der Waals surface area contributed by atoms with E-state index in [2.05, 4.69) is 18.0 Å². The molecule has 1 fully saturated rings. The van der Waals surface area contributed by atoms with Gasteiger partial charge in [-0.15, -0.1) is 0 Å². The van der Waals surface area contributed by atoms with E-state index < -0.39 is 0 Å². The van der Waals surface area contributed by atoms with E-state index in [-0.39, 0.29) is 24.1 Å². The Labute approximate surface area is 170 Å². The molecule has 0 saturated carbocycles. The van der Waals surface area contributed by atoms with Crippen molar-refractivity contribution in [2.45, 2.75) is 39.3 Å². The van der Waals surface area contributed by atoms with Gasteiger partial charge in [-0.1, -0.05) is 18.2 Å². The zero-order valence-electron chi connectivity index (χ0n) is 16.9. The molecular weight excluding hydrogens is 364 g/mol. The van der Waals surface area contributed by atoms with E-state index in [9.17, 15) is 9.59 Å². The highest BCUT2D eigenvalue weighted by Gasteiger charge is 2.24. The Morgan fingerprint density at radius 2 is 1.90 bits per heavy atom. The lowest BCUT2D eigenvalue weighted by Crippen LogP contribution is -2.38. The largest absolute Gasteiger partial charge is 0.376 e. The van der Waals surface area contributed by atoms with Crippen LogP contribution in [-0.2, 0) is 11.3 Å². The Hall–Kier alpha value is -2.92. The second-order valence-electron chi connectivity index (χ2n) is 7.83. The van der Waals surface area contributed by atoms with Crippen LogP contribution in [0.15, 0.2) is 53.3 Å². The van der Waals surface area contributed by atoms with E-state index in [1.807, 2.05) is 49.4 Å². The molecule has 0 radical (unpaired) electrons. The third-order valence-electron chi connectivity index (χ3n) is 5.65. The maximum Gasteiger partial charge on any atom is 0.254 e. The highest BCUT2D eigenvalue weighted by atomic mass is 16.5. The quantitative estimate of drug-likeness (QED) is 0.717. The molecule has 1 aliphatic rings. The van der Waals surface area contributed by atoms with E-state index in [0.717, 1.165) is 35.9 Å². The molecule has 2 heterocycles. The highest BCUT2D eigenvalue weighted by Crippen LogP contribution is 2.20. The van der Waals surface area contributed by atoms with Crippen LogP contribution in [0.1, 0.15) is 39.9 Å². The van der Waals surface area contributed by atoms with Crippen molar-refractivity contribution in [2.75, 3.05) is 13.2 Å². The third-order valence-corrected chi connectivity index (χ3v) is 5.65. The second-order valence-corrected chi connectivity index (χ2v) is 7.83. The summed E-state index contributed by atoms with van der Waals surface area (Å²) in [5.41, 5.74) is 4.19. The van der Waals surface area contributed by atoms with Crippen molar-refractivity contribution in [2.24, 2.45) is 0 Å². The van der Waals surface area contributed by atoms with Crippen molar-refractivity contribution in [3.05, 3.63) is 81.1 Å². The standard InChI is InChI=1S/C24H26N2O3/c1-16-11-19-13-20(23(27)25-22(19)12-17(16)2)14-26(15-21-9-6-10-29-21)24(28)18-7-4-3-5-8-18/h3-5,7-8,11-13,21H,6,9-10,14-15H2,1-2H3,(H,25,27).